The van der Waals surface area contributed by atoms with Crippen LogP contribution in [0.5, 0.6) is 11.5 Å². The van der Waals surface area contributed by atoms with Gasteiger partial charge in [0.2, 0.25) is 18.6 Å². The van der Waals surface area contributed by atoms with Crippen molar-refractivity contribution in [1.82, 2.24) is 0 Å². The fourth-order valence-corrected chi connectivity index (χ4v) is 3.91. The Kier molecular flexibility index (Phi) is 4.36. The average molecular weight is 386 g/mol. The van der Waals surface area contributed by atoms with E-state index in [4.69, 9.17) is 14.6 Å². The van der Waals surface area contributed by atoms with Crippen LogP contribution in [-0.4, -0.2) is 34.9 Å². The molecule has 0 saturated heterocycles. The Morgan fingerprint density at radius 1 is 1.19 bits per heavy atom. The van der Waals surface area contributed by atoms with Crippen molar-refractivity contribution in [2.75, 3.05) is 17.4 Å². The molecule has 27 heavy (non-hydrogen) atoms. The number of ether oxygens (including phenoxy) is 2. The number of carbonyl (C=O) groups is 3. The Hall–Kier alpha value is -3.20. The summed E-state index contributed by atoms with van der Waals surface area (Å²) in [5.74, 6) is -0.517. The van der Waals surface area contributed by atoms with E-state index in [1.54, 1.807) is 24.3 Å². The van der Waals surface area contributed by atoms with Crippen molar-refractivity contribution in [3.8, 4) is 11.5 Å². The predicted octanol–water partition coefficient (Wildman–Crippen LogP) is 2.56. The van der Waals surface area contributed by atoms with Crippen molar-refractivity contribution >= 4 is 40.9 Å². The maximum atomic E-state index is 12.3. The van der Waals surface area contributed by atoms with Crippen LogP contribution >= 0.6 is 11.8 Å². The summed E-state index contributed by atoms with van der Waals surface area (Å²) in [4.78, 5) is 36.3. The van der Waals surface area contributed by atoms with Crippen LogP contribution in [0, 0.1) is 0 Å². The predicted molar refractivity (Wildman–Crippen MR) is 97.5 cm³/mol. The quantitative estimate of drug-likeness (QED) is 0.740. The Labute approximate surface area is 157 Å². The molecule has 4 rings (SSSR count). The van der Waals surface area contributed by atoms with E-state index in [2.05, 4.69) is 10.6 Å². The van der Waals surface area contributed by atoms with E-state index in [0.29, 0.717) is 27.8 Å². The number of rotatable bonds is 4. The summed E-state index contributed by atoms with van der Waals surface area (Å²) >= 11 is 1.17. The lowest BCUT2D eigenvalue weighted by molar-refractivity contribution is -0.120. The third kappa shape index (κ3) is 3.54. The monoisotopic (exact) mass is 386 g/mol. The summed E-state index contributed by atoms with van der Waals surface area (Å²) in [7, 11) is 0. The molecule has 0 fully saturated rings. The molecule has 0 aromatic heterocycles. The molecular formula is C18H14N2O6S. The molecule has 1 atom stereocenters. The first-order valence-corrected chi connectivity index (χ1v) is 8.92. The third-order valence-electron chi connectivity index (χ3n) is 4.08. The molecule has 3 N–H and O–H groups in total. The SMILES string of the molecule is O=C(C[C@H]1Sc2cc(C(=O)O)ccc2NC1=O)Nc1ccc2c(c1)OCO2. The molecule has 2 amide bonds. The largest absolute Gasteiger partial charge is 0.478 e. The molecule has 2 aliphatic heterocycles. The lowest BCUT2D eigenvalue weighted by Gasteiger charge is -2.24. The summed E-state index contributed by atoms with van der Waals surface area (Å²) in [6.45, 7) is 0.142. The Balaban J connectivity index is 1.44. The molecule has 2 aromatic rings. The van der Waals surface area contributed by atoms with Crippen molar-refractivity contribution in [2.24, 2.45) is 0 Å². The molecule has 8 nitrogen and oxygen atoms in total. The van der Waals surface area contributed by atoms with Gasteiger partial charge in [0.05, 0.1) is 16.5 Å². The minimum Gasteiger partial charge on any atom is -0.478 e. The maximum Gasteiger partial charge on any atom is 0.335 e. The molecule has 0 aliphatic carbocycles. The molecule has 9 heteroatoms. The van der Waals surface area contributed by atoms with Gasteiger partial charge in [-0.3, -0.25) is 9.59 Å². The smallest absolute Gasteiger partial charge is 0.335 e. The fourth-order valence-electron chi connectivity index (χ4n) is 2.77. The van der Waals surface area contributed by atoms with Crippen molar-refractivity contribution in [3.63, 3.8) is 0 Å². The van der Waals surface area contributed by atoms with Crippen molar-refractivity contribution in [1.29, 1.82) is 0 Å². The first-order valence-electron chi connectivity index (χ1n) is 8.04. The number of aromatic carboxylic acids is 1. The average Bonchev–Trinajstić information content (AvgIpc) is 3.09. The number of hydrogen-bond acceptors (Lipinski definition) is 6. The molecule has 0 radical (unpaired) electrons. The van der Waals surface area contributed by atoms with Gasteiger partial charge in [-0.25, -0.2) is 4.79 Å². The van der Waals surface area contributed by atoms with E-state index in [-0.39, 0.29) is 30.6 Å². The summed E-state index contributed by atoms with van der Waals surface area (Å²) < 4.78 is 10.5. The minimum absolute atomic E-state index is 0.0539. The molecular weight excluding hydrogens is 372 g/mol. The highest BCUT2D eigenvalue weighted by atomic mass is 32.2. The normalized spacial score (nSPS) is 17.0. The highest BCUT2D eigenvalue weighted by Gasteiger charge is 2.29. The summed E-state index contributed by atoms with van der Waals surface area (Å²) in [5.41, 5.74) is 1.21. The van der Waals surface area contributed by atoms with Crippen LogP contribution in [0.1, 0.15) is 16.8 Å². The zero-order chi connectivity index (χ0) is 19.0. The van der Waals surface area contributed by atoms with Crippen LogP contribution in [-0.2, 0) is 9.59 Å². The molecule has 2 heterocycles. The van der Waals surface area contributed by atoms with Crippen LogP contribution < -0.4 is 20.1 Å². The highest BCUT2D eigenvalue weighted by molar-refractivity contribution is 8.01. The topological polar surface area (TPSA) is 114 Å². The van der Waals surface area contributed by atoms with Gasteiger partial charge in [0.1, 0.15) is 0 Å². The van der Waals surface area contributed by atoms with Gasteiger partial charge in [-0.2, -0.15) is 0 Å². The van der Waals surface area contributed by atoms with Crippen molar-refractivity contribution in [2.45, 2.75) is 16.6 Å². The highest BCUT2D eigenvalue weighted by Crippen LogP contribution is 2.38. The number of thioether (sulfide) groups is 1. The summed E-state index contributed by atoms with van der Waals surface area (Å²) in [6, 6.07) is 9.51. The van der Waals surface area contributed by atoms with Gasteiger partial charge in [-0.05, 0) is 30.3 Å². The van der Waals surface area contributed by atoms with E-state index in [1.807, 2.05) is 0 Å². The zero-order valence-electron chi connectivity index (χ0n) is 13.9. The summed E-state index contributed by atoms with van der Waals surface area (Å²) in [5, 5.41) is 13.9. The standard InChI is InChI=1S/C18H14N2O6S/c21-16(19-10-2-4-12-13(6-10)26-8-25-12)7-15-17(22)20-11-3-1-9(18(23)24)5-14(11)27-15/h1-6,15H,7-8H2,(H,19,21)(H,20,22)(H,23,24)/t15-/m1/s1. The second-order valence-corrected chi connectivity index (χ2v) is 7.18. The van der Waals surface area contributed by atoms with E-state index in [0.717, 1.165) is 0 Å². The first-order chi connectivity index (χ1) is 13.0. The number of fused-ring (bicyclic) bond motifs is 2. The number of hydrogen-bond donors (Lipinski definition) is 3. The third-order valence-corrected chi connectivity index (χ3v) is 5.33. The Bertz CT molecular complexity index is 961. The zero-order valence-corrected chi connectivity index (χ0v) is 14.7. The van der Waals surface area contributed by atoms with Gasteiger partial charge >= 0.3 is 5.97 Å². The van der Waals surface area contributed by atoms with Gasteiger partial charge in [0.25, 0.3) is 0 Å². The van der Waals surface area contributed by atoms with Crippen LogP contribution in [0.2, 0.25) is 0 Å². The molecule has 138 valence electrons. The minimum atomic E-state index is -1.05. The van der Waals surface area contributed by atoms with E-state index >= 15 is 0 Å². The second kappa shape index (κ2) is 6.84. The number of nitrogens with one attached hydrogen (secondary N) is 2. The van der Waals surface area contributed by atoms with Gasteiger partial charge in [-0.15, -0.1) is 11.8 Å². The number of carbonyl (C=O) groups excluding carboxylic acids is 2. The molecule has 0 spiro atoms. The van der Waals surface area contributed by atoms with Gasteiger partial charge in [-0.1, -0.05) is 0 Å². The number of amides is 2. The lowest BCUT2D eigenvalue weighted by Crippen LogP contribution is -2.32. The van der Waals surface area contributed by atoms with E-state index in [1.165, 1.54) is 23.9 Å². The molecule has 2 aliphatic rings. The molecule has 0 bridgehead atoms. The van der Waals surface area contributed by atoms with Crippen molar-refractivity contribution < 1.29 is 29.0 Å². The number of carboxylic acid groups (broad SMARTS) is 1. The van der Waals surface area contributed by atoms with Gasteiger partial charge < -0.3 is 25.2 Å². The maximum absolute atomic E-state index is 12.3. The number of carboxylic acids is 1. The van der Waals surface area contributed by atoms with Crippen LogP contribution in [0.15, 0.2) is 41.3 Å². The summed E-state index contributed by atoms with van der Waals surface area (Å²) in [6.07, 6.45) is -0.0539. The van der Waals surface area contributed by atoms with Crippen LogP contribution in [0.3, 0.4) is 0 Å². The van der Waals surface area contributed by atoms with Crippen LogP contribution in [0.4, 0.5) is 11.4 Å². The van der Waals surface area contributed by atoms with Crippen LogP contribution in [0.25, 0.3) is 0 Å². The number of benzene rings is 2. The Morgan fingerprint density at radius 2 is 2.00 bits per heavy atom. The number of anilines is 2. The molecule has 0 saturated carbocycles. The van der Waals surface area contributed by atoms with Gasteiger partial charge in [0, 0.05) is 23.1 Å². The van der Waals surface area contributed by atoms with E-state index < -0.39 is 11.2 Å². The van der Waals surface area contributed by atoms with E-state index in [9.17, 15) is 14.4 Å². The second-order valence-electron chi connectivity index (χ2n) is 5.93. The lowest BCUT2D eigenvalue weighted by atomic mass is 10.2. The first kappa shape index (κ1) is 17.2. The van der Waals surface area contributed by atoms with Crippen molar-refractivity contribution in [3.05, 3.63) is 42.0 Å². The molecule has 2 aromatic carbocycles. The van der Waals surface area contributed by atoms with Gasteiger partial charge in [0.15, 0.2) is 11.5 Å². The molecule has 0 unspecified atom stereocenters. The Morgan fingerprint density at radius 3 is 2.81 bits per heavy atom. The fraction of sp³-hybridized carbons (Fsp3) is 0.167.